The lowest BCUT2D eigenvalue weighted by atomic mass is 10.4. The summed E-state index contributed by atoms with van der Waals surface area (Å²) in [6, 6.07) is 3.79. The first-order valence-corrected chi connectivity index (χ1v) is 5.41. The minimum atomic E-state index is 0.0687. The lowest BCUT2D eigenvalue weighted by Gasteiger charge is -2.06. The van der Waals surface area contributed by atoms with Crippen LogP contribution >= 0.6 is 0 Å². The molecule has 2 aromatic rings. The van der Waals surface area contributed by atoms with Gasteiger partial charge in [0.1, 0.15) is 12.1 Å². The molecule has 0 unspecified atom stereocenters. The molecule has 2 rings (SSSR count). The summed E-state index contributed by atoms with van der Waals surface area (Å²) < 4.78 is 1.77. The zero-order chi connectivity index (χ0) is 12.3. The highest BCUT2D eigenvalue weighted by molar-refractivity contribution is 5.40. The van der Waals surface area contributed by atoms with Crippen molar-refractivity contribution >= 4 is 5.82 Å². The van der Waals surface area contributed by atoms with Gasteiger partial charge in [0, 0.05) is 18.3 Å². The maximum absolute atomic E-state index is 8.74. The van der Waals surface area contributed by atoms with Crippen LogP contribution in [-0.4, -0.2) is 38.0 Å². The van der Waals surface area contributed by atoms with E-state index in [9.17, 15) is 0 Å². The van der Waals surface area contributed by atoms with Crippen molar-refractivity contribution in [1.82, 2.24) is 19.7 Å². The molecule has 0 bridgehead atoms. The number of aliphatic hydroxyl groups is 1. The van der Waals surface area contributed by atoms with Crippen LogP contribution in [0.25, 0.3) is 5.82 Å². The second kappa shape index (κ2) is 4.92. The Balaban J connectivity index is 2.29. The van der Waals surface area contributed by atoms with Gasteiger partial charge in [0.15, 0.2) is 5.82 Å². The standard InChI is InChI=1S/C11H15N5O/c1-8-5-9(2)16(15-8)11-6-10(12-3-4-17)13-7-14-11/h5-7,17H,3-4H2,1-2H3,(H,12,13,14). The van der Waals surface area contributed by atoms with Crippen LogP contribution in [-0.2, 0) is 0 Å². The molecule has 90 valence electrons. The van der Waals surface area contributed by atoms with Crippen LogP contribution in [0.15, 0.2) is 18.5 Å². The maximum Gasteiger partial charge on any atom is 0.159 e. The van der Waals surface area contributed by atoms with Gasteiger partial charge in [0.05, 0.1) is 12.3 Å². The van der Waals surface area contributed by atoms with Gasteiger partial charge in [-0.1, -0.05) is 0 Å². The monoisotopic (exact) mass is 233 g/mol. The fraction of sp³-hybridized carbons (Fsp3) is 0.364. The van der Waals surface area contributed by atoms with E-state index in [1.807, 2.05) is 19.9 Å². The first-order chi connectivity index (χ1) is 8.20. The van der Waals surface area contributed by atoms with Crippen molar-refractivity contribution < 1.29 is 5.11 Å². The average molecular weight is 233 g/mol. The molecule has 0 saturated carbocycles. The molecule has 6 nitrogen and oxygen atoms in total. The summed E-state index contributed by atoms with van der Waals surface area (Å²) in [6.45, 7) is 4.45. The molecular formula is C11H15N5O. The first kappa shape index (κ1) is 11.5. The molecule has 0 aliphatic carbocycles. The predicted octanol–water partition coefficient (Wildman–Crippen LogP) is 0.683. The Morgan fingerprint density at radius 2 is 2.12 bits per heavy atom. The third-order valence-corrected chi connectivity index (χ3v) is 2.30. The fourth-order valence-electron chi connectivity index (χ4n) is 1.60. The SMILES string of the molecule is Cc1cc(C)n(-c2cc(NCCO)ncn2)n1. The molecular weight excluding hydrogens is 218 g/mol. The molecule has 0 aromatic carbocycles. The van der Waals surface area contributed by atoms with E-state index >= 15 is 0 Å². The normalized spacial score (nSPS) is 10.5. The second-order valence-corrected chi connectivity index (χ2v) is 3.75. The molecule has 2 aromatic heterocycles. The Morgan fingerprint density at radius 3 is 2.76 bits per heavy atom. The Labute approximate surface area is 99.3 Å². The van der Waals surface area contributed by atoms with Gasteiger partial charge >= 0.3 is 0 Å². The minimum absolute atomic E-state index is 0.0687. The Hall–Kier alpha value is -1.95. The zero-order valence-corrected chi connectivity index (χ0v) is 9.88. The molecule has 2 N–H and O–H groups in total. The quantitative estimate of drug-likeness (QED) is 0.812. The van der Waals surface area contributed by atoms with Crippen LogP contribution in [0.4, 0.5) is 5.82 Å². The molecule has 0 fully saturated rings. The van der Waals surface area contributed by atoms with Crippen molar-refractivity contribution in [1.29, 1.82) is 0 Å². The molecule has 0 spiro atoms. The summed E-state index contributed by atoms with van der Waals surface area (Å²) in [5.41, 5.74) is 1.97. The molecule has 0 aliphatic heterocycles. The van der Waals surface area contributed by atoms with Crippen molar-refractivity contribution in [2.24, 2.45) is 0 Å². The zero-order valence-electron chi connectivity index (χ0n) is 9.88. The van der Waals surface area contributed by atoms with Crippen LogP contribution in [0.5, 0.6) is 0 Å². The van der Waals surface area contributed by atoms with Crippen LogP contribution in [0.2, 0.25) is 0 Å². The van der Waals surface area contributed by atoms with Crippen LogP contribution in [0.1, 0.15) is 11.4 Å². The van der Waals surface area contributed by atoms with Crippen molar-refractivity contribution in [2.45, 2.75) is 13.8 Å². The van der Waals surface area contributed by atoms with E-state index < -0.39 is 0 Å². The van der Waals surface area contributed by atoms with E-state index in [1.165, 1.54) is 6.33 Å². The molecule has 0 radical (unpaired) electrons. The van der Waals surface area contributed by atoms with Gasteiger partial charge in [-0.2, -0.15) is 5.10 Å². The summed E-state index contributed by atoms with van der Waals surface area (Å²) in [5.74, 6) is 1.39. The molecule has 0 saturated heterocycles. The number of aryl methyl sites for hydroxylation is 2. The molecule has 0 amide bonds. The lowest BCUT2D eigenvalue weighted by Crippen LogP contribution is -2.09. The molecule has 0 atom stereocenters. The number of nitrogens with one attached hydrogen (secondary N) is 1. The third-order valence-electron chi connectivity index (χ3n) is 2.30. The van der Waals surface area contributed by atoms with E-state index in [4.69, 9.17) is 5.11 Å². The van der Waals surface area contributed by atoms with E-state index in [-0.39, 0.29) is 6.61 Å². The van der Waals surface area contributed by atoms with Crippen LogP contribution in [0.3, 0.4) is 0 Å². The Bertz CT molecular complexity index is 508. The number of nitrogens with zero attached hydrogens (tertiary/aromatic N) is 4. The number of aliphatic hydroxyl groups excluding tert-OH is 1. The molecule has 17 heavy (non-hydrogen) atoms. The summed E-state index contributed by atoms with van der Waals surface area (Å²) in [5, 5.41) is 16.1. The van der Waals surface area contributed by atoms with E-state index in [0.29, 0.717) is 18.2 Å². The first-order valence-electron chi connectivity index (χ1n) is 5.41. The minimum Gasteiger partial charge on any atom is -0.395 e. The number of aromatic nitrogens is 4. The predicted molar refractivity (Wildman–Crippen MR) is 64.2 cm³/mol. The lowest BCUT2D eigenvalue weighted by molar-refractivity contribution is 0.311. The van der Waals surface area contributed by atoms with E-state index in [2.05, 4.69) is 20.4 Å². The van der Waals surface area contributed by atoms with Crippen LogP contribution < -0.4 is 5.32 Å². The number of anilines is 1. The summed E-state index contributed by atoms with van der Waals surface area (Å²) >= 11 is 0. The third kappa shape index (κ3) is 2.59. The number of hydrogen-bond acceptors (Lipinski definition) is 5. The van der Waals surface area contributed by atoms with Crippen molar-refractivity contribution in [3.63, 3.8) is 0 Å². The molecule has 0 aliphatic rings. The van der Waals surface area contributed by atoms with Crippen molar-refractivity contribution in [3.8, 4) is 5.82 Å². The molecule has 2 heterocycles. The maximum atomic E-state index is 8.74. The summed E-state index contributed by atoms with van der Waals surface area (Å²) in [4.78, 5) is 8.24. The van der Waals surface area contributed by atoms with Gasteiger partial charge in [-0.15, -0.1) is 0 Å². The van der Waals surface area contributed by atoms with E-state index in [1.54, 1.807) is 10.7 Å². The highest BCUT2D eigenvalue weighted by Gasteiger charge is 2.05. The van der Waals surface area contributed by atoms with Gasteiger partial charge in [-0.3, -0.25) is 0 Å². The average Bonchev–Trinajstić information content (AvgIpc) is 2.66. The van der Waals surface area contributed by atoms with E-state index in [0.717, 1.165) is 11.4 Å². The largest absolute Gasteiger partial charge is 0.395 e. The highest BCUT2D eigenvalue weighted by Crippen LogP contribution is 2.11. The van der Waals surface area contributed by atoms with Gasteiger partial charge in [0.2, 0.25) is 0 Å². The Morgan fingerprint density at radius 1 is 1.29 bits per heavy atom. The van der Waals surface area contributed by atoms with Gasteiger partial charge in [-0.25, -0.2) is 14.6 Å². The smallest absolute Gasteiger partial charge is 0.159 e. The number of hydrogen-bond donors (Lipinski definition) is 2. The summed E-state index contributed by atoms with van der Waals surface area (Å²) in [7, 11) is 0. The van der Waals surface area contributed by atoms with Gasteiger partial charge in [0.25, 0.3) is 0 Å². The highest BCUT2D eigenvalue weighted by atomic mass is 16.3. The van der Waals surface area contributed by atoms with Crippen LogP contribution in [0, 0.1) is 13.8 Å². The summed E-state index contributed by atoms with van der Waals surface area (Å²) in [6.07, 6.45) is 1.48. The van der Waals surface area contributed by atoms with Crippen molar-refractivity contribution in [2.75, 3.05) is 18.5 Å². The number of rotatable bonds is 4. The van der Waals surface area contributed by atoms with Gasteiger partial charge in [-0.05, 0) is 19.9 Å². The van der Waals surface area contributed by atoms with Crippen molar-refractivity contribution in [3.05, 3.63) is 29.8 Å². The molecule has 6 heteroatoms. The second-order valence-electron chi connectivity index (χ2n) is 3.75. The Kier molecular flexibility index (Phi) is 3.34. The topological polar surface area (TPSA) is 75.9 Å². The fourth-order valence-corrected chi connectivity index (χ4v) is 1.60. The van der Waals surface area contributed by atoms with Gasteiger partial charge < -0.3 is 10.4 Å².